The molecule has 0 saturated carbocycles. The van der Waals surface area contributed by atoms with Gasteiger partial charge in [0.1, 0.15) is 0 Å². The van der Waals surface area contributed by atoms with Crippen LogP contribution < -0.4 is 0 Å². The Kier molecular flexibility index (Phi) is 5.10. The van der Waals surface area contributed by atoms with Crippen molar-refractivity contribution in [2.75, 3.05) is 0 Å². The van der Waals surface area contributed by atoms with Crippen molar-refractivity contribution in [3.63, 3.8) is 0 Å². The number of amides is 2. The zero-order valence-electron chi connectivity index (χ0n) is 12.0. The monoisotopic (exact) mass is 271 g/mol. The average Bonchev–Trinajstić information content (AvgIpc) is 2.72. The number of rotatable bonds is 6. The van der Waals surface area contributed by atoms with Gasteiger partial charge in [-0.25, -0.2) is 0 Å². The summed E-state index contributed by atoms with van der Waals surface area (Å²) < 4.78 is 0. The summed E-state index contributed by atoms with van der Waals surface area (Å²) in [7, 11) is 0. The topological polar surface area (TPSA) is 37.4 Å². The van der Waals surface area contributed by atoms with Crippen molar-refractivity contribution in [2.24, 2.45) is 0 Å². The lowest BCUT2D eigenvalue weighted by Crippen LogP contribution is -2.28. The van der Waals surface area contributed by atoms with E-state index in [9.17, 15) is 9.59 Å². The third-order valence-corrected chi connectivity index (χ3v) is 3.54. The number of benzene rings is 1. The fourth-order valence-electron chi connectivity index (χ4n) is 2.38. The van der Waals surface area contributed by atoms with Gasteiger partial charge in [-0.15, -0.1) is 0 Å². The summed E-state index contributed by atoms with van der Waals surface area (Å²) in [6.45, 7) is 2.53. The number of unbranched alkanes of at least 4 members (excludes halogenated alkanes) is 3. The molecule has 0 aromatic heterocycles. The number of allylic oxidation sites excluding steroid dienone is 1. The van der Waals surface area contributed by atoms with Crippen molar-refractivity contribution < 1.29 is 9.59 Å². The maximum atomic E-state index is 12.2. The summed E-state index contributed by atoms with van der Waals surface area (Å²) in [5.74, 6) is -0.198. The number of hydrogen-bond donors (Lipinski definition) is 0. The van der Waals surface area contributed by atoms with Crippen molar-refractivity contribution in [3.8, 4) is 0 Å². The molecule has 1 aliphatic heterocycles. The molecule has 0 N–H and O–H groups in total. The number of likely N-dealkylation sites (tertiary alicyclic amines) is 1. The first-order valence-electron chi connectivity index (χ1n) is 7.30. The Morgan fingerprint density at radius 3 is 2.60 bits per heavy atom. The van der Waals surface area contributed by atoms with Gasteiger partial charge in [0.05, 0.1) is 13.0 Å². The molecule has 0 spiro atoms. The van der Waals surface area contributed by atoms with Gasteiger partial charge in [-0.3, -0.25) is 14.5 Å². The van der Waals surface area contributed by atoms with E-state index in [4.69, 9.17) is 0 Å². The third kappa shape index (κ3) is 3.56. The summed E-state index contributed by atoms with van der Waals surface area (Å²) in [5, 5.41) is 0. The molecule has 1 fully saturated rings. The summed E-state index contributed by atoms with van der Waals surface area (Å²) in [4.78, 5) is 25.5. The number of carbonyl (C=O) groups is 2. The fourth-order valence-corrected chi connectivity index (χ4v) is 2.38. The molecule has 1 heterocycles. The Morgan fingerprint density at radius 1 is 1.15 bits per heavy atom. The van der Waals surface area contributed by atoms with E-state index < -0.39 is 0 Å². The van der Waals surface area contributed by atoms with Gasteiger partial charge in [0, 0.05) is 5.57 Å². The van der Waals surface area contributed by atoms with Gasteiger partial charge in [0.15, 0.2) is 0 Å². The fraction of sp³-hybridized carbons (Fsp3) is 0.412. The number of carbonyl (C=O) groups excluding carboxylic acids is 2. The van der Waals surface area contributed by atoms with E-state index in [1.54, 1.807) is 0 Å². The average molecular weight is 271 g/mol. The van der Waals surface area contributed by atoms with E-state index in [-0.39, 0.29) is 18.2 Å². The maximum Gasteiger partial charge on any atom is 0.256 e. The largest absolute Gasteiger partial charge is 0.274 e. The zero-order valence-corrected chi connectivity index (χ0v) is 12.0. The van der Waals surface area contributed by atoms with Crippen LogP contribution >= 0.6 is 0 Å². The second kappa shape index (κ2) is 7.04. The number of hydrogen-bond acceptors (Lipinski definition) is 2. The van der Waals surface area contributed by atoms with Crippen LogP contribution in [0, 0.1) is 0 Å². The molecule has 3 heteroatoms. The van der Waals surface area contributed by atoms with Crippen LogP contribution in [0.3, 0.4) is 0 Å². The molecule has 1 aromatic carbocycles. The molecule has 0 atom stereocenters. The zero-order chi connectivity index (χ0) is 14.4. The highest BCUT2D eigenvalue weighted by molar-refractivity contribution is 6.13. The highest BCUT2D eigenvalue weighted by Gasteiger charge is 2.33. The second-order valence-electron chi connectivity index (χ2n) is 5.17. The molecular weight excluding hydrogens is 250 g/mol. The van der Waals surface area contributed by atoms with E-state index in [1.807, 2.05) is 36.4 Å². The van der Waals surface area contributed by atoms with E-state index in [0.29, 0.717) is 12.1 Å². The van der Waals surface area contributed by atoms with E-state index in [1.165, 1.54) is 11.3 Å². The van der Waals surface area contributed by atoms with Crippen LogP contribution in [0.4, 0.5) is 0 Å². The standard InChI is InChI=1S/C17H21NO2/c1-2-3-4-8-11-15-12-16(19)18(17(15)20)13-14-9-6-5-7-10-14/h5-7,9-11H,2-4,8,12-13H2,1H3. The summed E-state index contributed by atoms with van der Waals surface area (Å²) >= 11 is 0. The van der Waals surface area contributed by atoms with E-state index in [0.717, 1.165) is 24.8 Å². The van der Waals surface area contributed by atoms with E-state index >= 15 is 0 Å². The van der Waals surface area contributed by atoms with Crippen LogP contribution in [-0.4, -0.2) is 16.7 Å². The predicted molar refractivity (Wildman–Crippen MR) is 78.8 cm³/mol. The van der Waals surface area contributed by atoms with Gasteiger partial charge in [0.2, 0.25) is 5.91 Å². The highest BCUT2D eigenvalue weighted by atomic mass is 16.2. The SMILES string of the molecule is CCCCCC=C1CC(=O)N(Cc2ccccc2)C1=O. The van der Waals surface area contributed by atoms with Gasteiger partial charge in [-0.1, -0.05) is 56.2 Å². The molecule has 20 heavy (non-hydrogen) atoms. The van der Waals surface area contributed by atoms with Gasteiger partial charge in [0.25, 0.3) is 5.91 Å². The molecule has 2 amide bonds. The normalized spacial score (nSPS) is 17.2. The molecular formula is C17H21NO2. The van der Waals surface area contributed by atoms with Gasteiger partial charge < -0.3 is 0 Å². The molecule has 0 radical (unpaired) electrons. The van der Waals surface area contributed by atoms with Crippen LogP contribution in [0.5, 0.6) is 0 Å². The van der Waals surface area contributed by atoms with Gasteiger partial charge in [-0.05, 0) is 18.4 Å². The summed E-state index contributed by atoms with van der Waals surface area (Å²) in [6.07, 6.45) is 6.51. The molecule has 1 saturated heterocycles. The lowest BCUT2D eigenvalue weighted by molar-refractivity contribution is -0.138. The van der Waals surface area contributed by atoms with E-state index in [2.05, 4.69) is 6.92 Å². The van der Waals surface area contributed by atoms with Crippen molar-refractivity contribution in [1.82, 2.24) is 4.90 Å². The molecule has 0 bridgehead atoms. The molecule has 0 aliphatic carbocycles. The number of nitrogens with zero attached hydrogens (tertiary/aromatic N) is 1. The Balaban J connectivity index is 1.98. The quantitative estimate of drug-likeness (QED) is 0.451. The van der Waals surface area contributed by atoms with Crippen molar-refractivity contribution in [2.45, 2.75) is 45.6 Å². The van der Waals surface area contributed by atoms with Crippen LogP contribution in [-0.2, 0) is 16.1 Å². The number of imide groups is 1. The van der Waals surface area contributed by atoms with Crippen molar-refractivity contribution in [1.29, 1.82) is 0 Å². The van der Waals surface area contributed by atoms with Crippen LogP contribution in [0.15, 0.2) is 42.0 Å². The second-order valence-corrected chi connectivity index (χ2v) is 5.17. The lowest BCUT2D eigenvalue weighted by atomic mass is 10.1. The Morgan fingerprint density at radius 2 is 1.90 bits per heavy atom. The van der Waals surface area contributed by atoms with Crippen LogP contribution in [0.1, 0.15) is 44.6 Å². The minimum Gasteiger partial charge on any atom is -0.274 e. The molecule has 3 nitrogen and oxygen atoms in total. The molecule has 2 rings (SSSR count). The Hall–Kier alpha value is -1.90. The molecule has 1 aliphatic rings. The molecule has 106 valence electrons. The minimum atomic E-state index is -0.115. The summed E-state index contributed by atoms with van der Waals surface area (Å²) in [5.41, 5.74) is 1.66. The smallest absolute Gasteiger partial charge is 0.256 e. The van der Waals surface area contributed by atoms with Gasteiger partial charge in [-0.2, -0.15) is 0 Å². The summed E-state index contributed by atoms with van der Waals surface area (Å²) in [6, 6.07) is 9.63. The Labute approximate surface area is 120 Å². The third-order valence-electron chi connectivity index (χ3n) is 3.54. The van der Waals surface area contributed by atoms with Crippen LogP contribution in [0.2, 0.25) is 0 Å². The lowest BCUT2D eigenvalue weighted by Gasteiger charge is -2.13. The molecule has 0 unspecified atom stereocenters. The van der Waals surface area contributed by atoms with Gasteiger partial charge >= 0.3 is 0 Å². The first-order chi connectivity index (χ1) is 9.72. The first kappa shape index (κ1) is 14.5. The van der Waals surface area contributed by atoms with Crippen molar-refractivity contribution >= 4 is 11.8 Å². The molecule has 1 aromatic rings. The Bertz CT molecular complexity index is 505. The highest BCUT2D eigenvalue weighted by Crippen LogP contribution is 2.22. The van der Waals surface area contributed by atoms with Crippen molar-refractivity contribution in [3.05, 3.63) is 47.5 Å². The first-order valence-corrected chi connectivity index (χ1v) is 7.30. The predicted octanol–water partition coefficient (Wildman–Crippen LogP) is 3.45. The minimum absolute atomic E-state index is 0.0828. The van der Waals surface area contributed by atoms with Crippen LogP contribution in [0.25, 0.3) is 0 Å². The maximum absolute atomic E-state index is 12.2.